The molecule has 0 aliphatic carbocycles. The molecule has 1 atom stereocenters. The number of azide groups is 1. The number of carboxylic acid groups (broad SMARTS) is 1. The third-order valence-electron chi connectivity index (χ3n) is 3.87. The van der Waals surface area contributed by atoms with E-state index in [1.165, 1.54) is 0 Å². The molecule has 0 fully saturated rings. The maximum absolute atomic E-state index is 12.3. The van der Waals surface area contributed by atoms with Crippen molar-refractivity contribution in [3.05, 3.63) is 45.8 Å². The molecule has 0 aliphatic heterocycles. The van der Waals surface area contributed by atoms with Crippen LogP contribution in [0.3, 0.4) is 0 Å². The van der Waals surface area contributed by atoms with E-state index in [4.69, 9.17) is 21.1 Å². The SMILES string of the molecule is [N-]=[N+]=NCCOCCNC(=O)[C@@H](CCC(=O)O)NC(=O)Cc1ccc(CN)cc1. The fourth-order valence-electron chi connectivity index (χ4n) is 2.38. The molecule has 0 radical (unpaired) electrons. The van der Waals surface area contributed by atoms with E-state index < -0.39 is 17.9 Å². The van der Waals surface area contributed by atoms with Gasteiger partial charge < -0.3 is 26.2 Å². The van der Waals surface area contributed by atoms with Crippen LogP contribution in [-0.2, 0) is 32.1 Å². The number of carbonyl (C=O) groups excluding carboxylic acids is 2. The van der Waals surface area contributed by atoms with Gasteiger partial charge in [-0.05, 0) is 23.1 Å². The second-order valence-electron chi connectivity index (χ2n) is 6.11. The van der Waals surface area contributed by atoms with Gasteiger partial charge in [-0.15, -0.1) is 0 Å². The van der Waals surface area contributed by atoms with E-state index in [9.17, 15) is 14.4 Å². The van der Waals surface area contributed by atoms with Crippen molar-refractivity contribution in [3.63, 3.8) is 0 Å². The van der Waals surface area contributed by atoms with Crippen LogP contribution < -0.4 is 16.4 Å². The maximum Gasteiger partial charge on any atom is 0.303 e. The smallest absolute Gasteiger partial charge is 0.303 e. The lowest BCUT2D eigenvalue weighted by atomic mass is 10.1. The predicted octanol–water partition coefficient (Wildman–Crippen LogP) is 0.481. The third-order valence-corrected chi connectivity index (χ3v) is 3.87. The number of aliphatic carboxylic acids is 1. The molecule has 29 heavy (non-hydrogen) atoms. The molecule has 0 saturated carbocycles. The molecular weight excluding hydrogens is 380 g/mol. The first-order valence-corrected chi connectivity index (χ1v) is 9.11. The topological polar surface area (TPSA) is 180 Å². The van der Waals surface area contributed by atoms with Gasteiger partial charge >= 0.3 is 5.97 Å². The first-order valence-electron chi connectivity index (χ1n) is 9.11. The fraction of sp³-hybridized carbons (Fsp3) is 0.500. The summed E-state index contributed by atoms with van der Waals surface area (Å²) in [5.41, 5.74) is 15.4. The van der Waals surface area contributed by atoms with Gasteiger partial charge in [-0.3, -0.25) is 14.4 Å². The summed E-state index contributed by atoms with van der Waals surface area (Å²) in [6.07, 6.45) is -0.229. The van der Waals surface area contributed by atoms with E-state index in [0.29, 0.717) is 6.54 Å². The van der Waals surface area contributed by atoms with E-state index in [1.807, 2.05) is 12.1 Å². The fourth-order valence-corrected chi connectivity index (χ4v) is 2.38. The Bertz CT molecular complexity index is 718. The van der Waals surface area contributed by atoms with Gasteiger partial charge in [0.2, 0.25) is 11.8 Å². The molecule has 0 bridgehead atoms. The van der Waals surface area contributed by atoms with Crippen LogP contribution in [0.4, 0.5) is 0 Å². The number of carbonyl (C=O) groups is 3. The normalized spacial score (nSPS) is 11.2. The zero-order valence-corrected chi connectivity index (χ0v) is 16.0. The minimum absolute atomic E-state index is 0.0310. The van der Waals surface area contributed by atoms with Crippen molar-refractivity contribution in [1.82, 2.24) is 10.6 Å². The van der Waals surface area contributed by atoms with Crippen molar-refractivity contribution in [2.45, 2.75) is 31.8 Å². The van der Waals surface area contributed by atoms with E-state index in [1.54, 1.807) is 12.1 Å². The summed E-state index contributed by atoms with van der Waals surface area (Å²) >= 11 is 0. The molecule has 1 rings (SSSR count). The van der Waals surface area contributed by atoms with Gasteiger partial charge in [0.1, 0.15) is 6.04 Å². The number of nitrogens with zero attached hydrogens (tertiary/aromatic N) is 3. The number of hydrogen-bond donors (Lipinski definition) is 4. The molecular formula is C18H26N6O5. The van der Waals surface area contributed by atoms with Crippen molar-refractivity contribution in [2.75, 3.05) is 26.3 Å². The molecule has 0 aromatic heterocycles. The Hall–Kier alpha value is -3.14. The van der Waals surface area contributed by atoms with Crippen molar-refractivity contribution in [1.29, 1.82) is 0 Å². The number of rotatable bonds is 14. The van der Waals surface area contributed by atoms with Crippen LogP contribution in [0, 0.1) is 0 Å². The van der Waals surface area contributed by atoms with E-state index in [-0.39, 0.29) is 51.5 Å². The van der Waals surface area contributed by atoms with Gasteiger partial charge in [-0.1, -0.05) is 29.4 Å². The molecule has 1 aromatic rings. The van der Waals surface area contributed by atoms with Crippen LogP contribution in [-0.4, -0.2) is 55.2 Å². The van der Waals surface area contributed by atoms with Crippen LogP contribution >= 0.6 is 0 Å². The summed E-state index contributed by atoms with van der Waals surface area (Å²) in [5, 5.41) is 17.4. The van der Waals surface area contributed by atoms with Crippen molar-refractivity contribution in [3.8, 4) is 0 Å². The number of ether oxygens (including phenoxy) is 1. The van der Waals surface area contributed by atoms with Crippen molar-refractivity contribution < 1.29 is 24.2 Å². The molecule has 0 unspecified atom stereocenters. The molecule has 0 aliphatic rings. The summed E-state index contributed by atoms with van der Waals surface area (Å²) in [4.78, 5) is 38.0. The van der Waals surface area contributed by atoms with Crippen LogP contribution in [0.15, 0.2) is 29.4 Å². The summed E-state index contributed by atoms with van der Waals surface area (Å²) in [6, 6.07) is 6.23. The summed E-state index contributed by atoms with van der Waals surface area (Å²) < 4.78 is 5.17. The molecule has 1 aromatic carbocycles. The highest BCUT2D eigenvalue weighted by atomic mass is 16.5. The van der Waals surface area contributed by atoms with E-state index in [0.717, 1.165) is 11.1 Å². The first kappa shape index (κ1) is 23.9. The summed E-state index contributed by atoms with van der Waals surface area (Å²) in [7, 11) is 0. The molecule has 2 amide bonds. The summed E-state index contributed by atoms with van der Waals surface area (Å²) in [6.45, 7) is 1.18. The molecule has 11 nitrogen and oxygen atoms in total. The second kappa shape index (κ2) is 13.9. The Balaban J connectivity index is 2.51. The van der Waals surface area contributed by atoms with Gasteiger partial charge in [0.15, 0.2) is 0 Å². The molecule has 158 valence electrons. The highest BCUT2D eigenvalue weighted by Crippen LogP contribution is 2.06. The second-order valence-corrected chi connectivity index (χ2v) is 6.11. The van der Waals surface area contributed by atoms with E-state index in [2.05, 4.69) is 20.7 Å². The standard InChI is InChI=1S/C18H26N6O5/c19-12-14-3-1-13(2-4-14)11-16(25)23-15(5-6-17(26)27)18(28)21-7-9-29-10-8-22-24-20/h1-4,15H,5-12,19H2,(H,21,28)(H,23,25)(H,26,27)/t15-/m1/s1. The zero-order chi connectivity index (χ0) is 21.5. The minimum atomic E-state index is -1.06. The van der Waals surface area contributed by atoms with Crippen LogP contribution in [0.5, 0.6) is 0 Å². The number of nitrogens with two attached hydrogens (primary N) is 1. The number of hydrogen-bond acceptors (Lipinski definition) is 6. The summed E-state index contributed by atoms with van der Waals surface area (Å²) in [5.74, 6) is -1.94. The van der Waals surface area contributed by atoms with Crippen LogP contribution in [0.25, 0.3) is 10.4 Å². The highest BCUT2D eigenvalue weighted by Gasteiger charge is 2.21. The van der Waals surface area contributed by atoms with Crippen LogP contribution in [0.2, 0.25) is 0 Å². The van der Waals surface area contributed by atoms with Crippen molar-refractivity contribution in [2.24, 2.45) is 10.8 Å². The van der Waals surface area contributed by atoms with Gasteiger partial charge in [-0.2, -0.15) is 0 Å². The van der Waals surface area contributed by atoms with E-state index >= 15 is 0 Å². The molecule has 0 saturated heterocycles. The number of amides is 2. The molecule has 5 N–H and O–H groups in total. The monoisotopic (exact) mass is 406 g/mol. The lowest BCUT2D eigenvalue weighted by Gasteiger charge is -2.18. The first-order chi connectivity index (χ1) is 14.0. The number of benzene rings is 1. The Labute approximate surface area is 168 Å². The lowest BCUT2D eigenvalue weighted by Crippen LogP contribution is -2.48. The third kappa shape index (κ3) is 10.7. The Morgan fingerprint density at radius 1 is 1.21 bits per heavy atom. The predicted molar refractivity (Wildman–Crippen MR) is 105 cm³/mol. The average molecular weight is 406 g/mol. The van der Waals surface area contributed by atoms with Gasteiger partial charge in [0.05, 0.1) is 19.6 Å². The molecule has 11 heteroatoms. The van der Waals surface area contributed by atoms with Crippen molar-refractivity contribution >= 4 is 17.8 Å². The quantitative estimate of drug-likeness (QED) is 0.151. The Morgan fingerprint density at radius 3 is 2.52 bits per heavy atom. The van der Waals surface area contributed by atoms with Gasteiger partial charge in [-0.25, -0.2) is 0 Å². The zero-order valence-electron chi connectivity index (χ0n) is 16.0. The Kier molecular flexibility index (Phi) is 11.5. The minimum Gasteiger partial charge on any atom is -0.481 e. The molecule has 0 heterocycles. The average Bonchev–Trinajstić information content (AvgIpc) is 2.70. The number of nitrogens with one attached hydrogen (secondary N) is 2. The van der Waals surface area contributed by atoms with Crippen LogP contribution in [0.1, 0.15) is 24.0 Å². The maximum atomic E-state index is 12.3. The Morgan fingerprint density at radius 2 is 1.90 bits per heavy atom. The largest absolute Gasteiger partial charge is 0.481 e. The van der Waals surface area contributed by atoms with Gasteiger partial charge in [0, 0.05) is 31.0 Å². The molecule has 0 spiro atoms. The number of carboxylic acids is 1. The van der Waals surface area contributed by atoms with Gasteiger partial charge in [0.25, 0.3) is 0 Å². The lowest BCUT2D eigenvalue weighted by molar-refractivity contribution is -0.138. The highest BCUT2D eigenvalue weighted by molar-refractivity contribution is 5.88.